The number of aryl methyl sites for hydroxylation is 4. The normalized spacial score (nSPS) is 15.6. The van der Waals surface area contributed by atoms with E-state index < -0.39 is 0 Å². The van der Waals surface area contributed by atoms with Crippen LogP contribution in [0.1, 0.15) is 226 Å². The average molecular weight is 1060 g/mol. The number of benzene rings is 4. The van der Waals surface area contributed by atoms with Crippen LogP contribution in [0.2, 0.25) is 0 Å². The van der Waals surface area contributed by atoms with E-state index >= 15 is 0 Å². The van der Waals surface area contributed by atoms with Gasteiger partial charge in [-0.2, -0.15) is 0 Å². The van der Waals surface area contributed by atoms with Gasteiger partial charge in [-0.1, -0.05) is 253 Å². The third-order valence-corrected chi connectivity index (χ3v) is 16.9. The highest BCUT2D eigenvalue weighted by molar-refractivity contribution is 6.39. The zero-order chi connectivity index (χ0) is 55.1. The third-order valence-electron chi connectivity index (χ3n) is 16.9. The topological polar surface area (TPSA) is 49.4 Å². The Balaban J connectivity index is 1.14. The van der Waals surface area contributed by atoms with Gasteiger partial charge in [0.2, 0.25) is 0 Å². The fourth-order valence-electron chi connectivity index (χ4n) is 12.1. The molecule has 0 spiro atoms. The molecule has 0 atom stereocenters. The molecule has 0 unspecified atom stereocenters. The second-order valence-corrected chi connectivity index (χ2v) is 23.2. The highest BCUT2D eigenvalue weighted by atomic mass is 14.9. The standard InChI is InChI=1S/C76H92N4/c1-5-9-13-17-21-25-29-57-33-41-61(42-34-57)73-65-49-51-67(77-65)74(62-43-35-58(36-44-62)30-26-22-18-14-10-6-2)69-53-55-71(79-69)76(64-47-39-60(40-48-64)32-28-24-20-16-12-8-4)72-56-54-70(80-72)75(68-52-50-66(73)78-68)63-45-37-59(38-46-63)31-27-23-19-15-11-7-3/h33-56H,5-32H2,1-4H3. The van der Waals surface area contributed by atoms with Crippen molar-refractivity contribution in [3.63, 3.8) is 0 Å². The molecule has 0 radical (unpaired) electrons. The smallest absolute Gasteiger partial charge is 0.0738 e. The Morgan fingerprint density at radius 3 is 0.600 bits per heavy atom. The molecule has 4 aromatic carbocycles. The van der Waals surface area contributed by atoms with Crippen LogP contribution in [-0.2, 0) is 25.7 Å². The highest BCUT2D eigenvalue weighted by Crippen LogP contribution is 2.39. The van der Waals surface area contributed by atoms with Crippen LogP contribution in [-0.4, -0.2) is 22.8 Å². The van der Waals surface area contributed by atoms with E-state index in [1.165, 1.54) is 176 Å². The van der Waals surface area contributed by atoms with Crippen molar-refractivity contribution in [2.45, 2.75) is 207 Å². The molecule has 0 aromatic heterocycles. The molecule has 0 amide bonds. The minimum absolute atomic E-state index is 0.909. The van der Waals surface area contributed by atoms with Gasteiger partial charge in [0.25, 0.3) is 0 Å². The van der Waals surface area contributed by atoms with E-state index in [0.29, 0.717) is 0 Å². The number of hydrogen-bond acceptors (Lipinski definition) is 4. The molecule has 4 aromatic rings. The summed E-state index contributed by atoms with van der Waals surface area (Å²) in [7, 11) is 0. The summed E-state index contributed by atoms with van der Waals surface area (Å²) >= 11 is 0. The molecule has 80 heavy (non-hydrogen) atoms. The number of rotatable bonds is 32. The lowest BCUT2D eigenvalue weighted by Gasteiger charge is -2.13. The largest absolute Gasteiger partial charge is 0.248 e. The maximum atomic E-state index is 5.63. The molecule has 5 aliphatic heterocycles. The molecule has 0 N–H and O–H groups in total. The average Bonchev–Trinajstić information content (AvgIpc) is 4.37. The van der Waals surface area contributed by atoms with Gasteiger partial charge in [0.1, 0.15) is 0 Å². The van der Waals surface area contributed by atoms with E-state index in [1.807, 2.05) is 0 Å². The molecule has 0 saturated heterocycles. The second-order valence-electron chi connectivity index (χ2n) is 23.2. The molecule has 5 aliphatic rings. The molecule has 4 heteroatoms. The van der Waals surface area contributed by atoms with Crippen LogP contribution < -0.4 is 0 Å². The van der Waals surface area contributed by atoms with Crippen LogP contribution in [0.5, 0.6) is 0 Å². The van der Waals surface area contributed by atoms with Crippen LogP contribution in [0.15, 0.2) is 188 Å². The lowest BCUT2D eigenvalue weighted by atomic mass is 9.96. The van der Waals surface area contributed by atoms with Crippen LogP contribution in [0, 0.1) is 0 Å². The van der Waals surface area contributed by atoms with Gasteiger partial charge in [-0.3, -0.25) is 0 Å². The Bertz CT molecular complexity index is 2650. The van der Waals surface area contributed by atoms with E-state index in [-0.39, 0.29) is 0 Å². The fraction of sp³-hybridized carbons (Fsp3) is 0.421. The van der Waals surface area contributed by atoms with Crippen LogP contribution in [0.25, 0.3) is 22.3 Å². The first-order chi connectivity index (χ1) is 39.5. The molecule has 8 bridgehead atoms. The maximum Gasteiger partial charge on any atom is 0.0738 e. The molecule has 0 saturated carbocycles. The SMILES string of the molecule is CCCCCCCCc1ccc(C2=C3C=CC(=N3)C(c3ccc(CCCCCCCC)cc3)=C3C=CC(=N3)C(c3ccc(CCCCCCCC)cc3)=C3C=CC(=N3)C(c3ccc(CCCCCCCC)cc3)=C3C=CC2=N3)cc1. The van der Waals surface area contributed by atoms with Gasteiger partial charge >= 0.3 is 0 Å². The summed E-state index contributed by atoms with van der Waals surface area (Å²) in [6.07, 6.45) is 53.2. The Morgan fingerprint density at radius 2 is 0.400 bits per heavy atom. The Morgan fingerprint density at radius 1 is 0.212 bits per heavy atom. The first kappa shape index (κ1) is 58.1. The van der Waals surface area contributed by atoms with Gasteiger partial charge in [0.05, 0.1) is 45.6 Å². The predicted octanol–water partition coefficient (Wildman–Crippen LogP) is 21.3. The summed E-state index contributed by atoms with van der Waals surface area (Å²) in [5.74, 6) is 0. The highest BCUT2D eigenvalue weighted by Gasteiger charge is 2.28. The maximum absolute atomic E-state index is 5.63. The van der Waals surface area contributed by atoms with Gasteiger partial charge < -0.3 is 0 Å². The Hall–Kier alpha value is -6.52. The molecule has 0 fully saturated rings. The van der Waals surface area contributed by atoms with E-state index in [9.17, 15) is 0 Å². The minimum Gasteiger partial charge on any atom is -0.248 e. The van der Waals surface area contributed by atoms with Gasteiger partial charge in [-0.25, -0.2) is 20.0 Å². The van der Waals surface area contributed by atoms with Crippen molar-refractivity contribution in [1.82, 2.24) is 0 Å². The van der Waals surface area contributed by atoms with Crippen molar-refractivity contribution >= 4 is 45.1 Å². The summed E-state index contributed by atoms with van der Waals surface area (Å²) < 4.78 is 0. The lowest BCUT2D eigenvalue weighted by molar-refractivity contribution is 0.607. The minimum atomic E-state index is 0.909. The summed E-state index contributed by atoms with van der Waals surface area (Å²) in [5.41, 5.74) is 21.4. The fourth-order valence-corrected chi connectivity index (χ4v) is 12.1. The molecule has 4 nitrogen and oxygen atoms in total. The monoisotopic (exact) mass is 1060 g/mol. The van der Waals surface area contributed by atoms with E-state index in [1.54, 1.807) is 0 Å². The zero-order valence-electron chi connectivity index (χ0n) is 49.4. The first-order valence-electron chi connectivity index (χ1n) is 32.0. The number of aliphatic imine (C=N–C) groups is 4. The number of fused-ring (bicyclic) bond motifs is 4. The molecule has 5 heterocycles. The van der Waals surface area contributed by atoms with Gasteiger partial charge in [0.15, 0.2) is 0 Å². The van der Waals surface area contributed by atoms with Gasteiger partial charge in [-0.15, -0.1) is 0 Å². The number of allylic oxidation sites excluding steroid dienone is 12. The van der Waals surface area contributed by atoms with E-state index in [2.05, 4.69) is 173 Å². The Labute approximate surface area is 483 Å². The van der Waals surface area contributed by atoms with E-state index in [4.69, 9.17) is 20.0 Å². The van der Waals surface area contributed by atoms with Crippen LogP contribution >= 0.6 is 0 Å². The number of nitrogens with zero attached hydrogens (tertiary/aromatic N) is 4. The summed E-state index contributed by atoms with van der Waals surface area (Å²) in [6, 6.07) is 37.1. The molecule has 416 valence electrons. The number of hydrogen-bond donors (Lipinski definition) is 0. The molecular weight excluding hydrogens is 969 g/mol. The first-order valence-corrected chi connectivity index (χ1v) is 32.0. The van der Waals surface area contributed by atoms with Crippen molar-refractivity contribution in [2.75, 3.05) is 0 Å². The summed E-state index contributed by atoms with van der Waals surface area (Å²) in [4.78, 5) is 22.5. The molecular formula is C76H92N4. The quantitative estimate of drug-likeness (QED) is 0.0438. The lowest BCUT2D eigenvalue weighted by Crippen LogP contribution is -2.04. The third kappa shape index (κ3) is 15.9. The van der Waals surface area contributed by atoms with Crippen molar-refractivity contribution in [3.05, 3.63) is 213 Å². The van der Waals surface area contributed by atoms with Gasteiger partial charge in [-0.05, 0) is 144 Å². The Kier molecular flexibility index (Phi) is 22.5. The van der Waals surface area contributed by atoms with Gasteiger partial charge in [0, 0.05) is 22.3 Å². The van der Waals surface area contributed by atoms with Crippen LogP contribution in [0.3, 0.4) is 0 Å². The predicted molar refractivity (Wildman–Crippen MR) is 348 cm³/mol. The second kappa shape index (κ2) is 30.9. The number of unbranched alkanes of at least 4 members (excludes halogenated alkanes) is 20. The molecule has 0 aliphatic carbocycles. The van der Waals surface area contributed by atoms with E-state index in [0.717, 1.165) is 116 Å². The zero-order valence-corrected chi connectivity index (χ0v) is 49.4. The van der Waals surface area contributed by atoms with Crippen molar-refractivity contribution in [3.8, 4) is 0 Å². The van der Waals surface area contributed by atoms with Crippen molar-refractivity contribution in [1.29, 1.82) is 0 Å². The van der Waals surface area contributed by atoms with Crippen molar-refractivity contribution < 1.29 is 0 Å². The van der Waals surface area contributed by atoms with Crippen LogP contribution in [0.4, 0.5) is 0 Å². The molecule has 9 rings (SSSR count). The van der Waals surface area contributed by atoms with Crippen molar-refractivity contribution in [2.24, 2.45) is 20.0 Å². The summed E-state index contributed by atoms with van der Waals surface area (Å²) in [6.45, 7) is 9.16. The summed E-state index contributed by atoms with van der Waals surface area (Å²) in [5, 5.41) is 0.